The van der Waals surface area contributed by atoms with Crippen LogP contribution >= 0.6 is 0 Å². The summed E-state index contributed by atoms with van der Waals surface area (Å²) in [5.41, 5.74) is 16.3. The van der Waals surface area contributed by atoms with E-state index in [-0.39, 0.29) is 6.71 Å². The van der Waals surface area contributed by atoms with Gasteiger partial charge in [-0.3, -0.25) is 0 Å². The van der Waals surface area contributed by atoms with Gasteiger partial charge >= 0.3 is 0 Å². The van der Waals surface area contributed by atoms with Gasteiger partial charge in [0.15, 0.2) is 0 Å². The van der Waals surface area contributed by atoms with Gasteiger partial charge in [-0.05, 0) is 166 Å². The highest BCUT2D eigenvalue weighted by Gasteiger charge is 2.41. The van der Waals surface area contributed by atoms with Gasteiger partial charge in [-0.1, -0.05) is 152 Å². The minimum atomic E-state index is -0.198. The summed E-state index contributed by atoms with van der Waals surface area (Å²) in [4.78, 5) is 4.73. The fourth-order valence-corrected chi connectivity index (χ4v) is 13.1. The molecule has 0 aliphatic carbocycles. The van der Waals surface area contributed by atoms with Crippen LogP contribution < -0.4 is 35.7 Å². The van der Waals surface area contributed by atoms with E-state index in [9.17, 15) is 0 Å². The number of rotatable bonds is 8. The molecule has 15 aromatic rings. The molecule has 2 aromatic heterocycles. The average Bonchev–Trinajstić information content (AvgIpc) is 4.21. The summed E-state index contributed by atoms with van der Waals surface area (Å²) in [5, 5.41) is 9.33. The van der Waals surface area contributed by atoms with Gasteiger partial charge < -0.3 is 28.4 Å². The Morgan fingerprint density at radius 1 is 0.259 bits per heavy atom. The smallest absolute Gasteiger partial charge is 0.260 e. The second-order valence-corrected chi connectivity index (χ2v) is 21.3. The third-order valence-corrected chi connectivity index (χ3v) is 16.7. The van der Waals surface area contributed by atoms with E-state index in [0.29, 0.717) is 0 Å². The number of hydrogen-bond acceptors (Lipinski definition) is 4. The van der Waals surface area contributed by atoms with E-state index in [0.717, 1.165) is 128 Å². The Kier molecular flexibility index (Phi) is 10.0. The number of anilines is 6. The first-order chi connectivity index (χ1) is 40.1. The first kappa shape index (κ1) is 45.3. The lowest BCUT2D eigenvalue weighted by atomic mass is 9.35. The SMILES string of the molecule is c1ccc(N(c2ccc3ccccc3c2)c2ccc3c4cc5c(cc4n(-c4ccccc4)c3c2)B2c3cc4c(cc3Oc3cccc(c32)O5)c2ccc(N(c3ccccc3)c3ccc5ccccc5c3)cc2n4-c2ccccc2)cc1. The molecule has 17 rings (SSSR count). The Morgan fingerprint density at radius 3 is 1.07 bits per heavy atom. The van der Waals surface area contributed by atoms with Gasteiger partial charge in [-0.25, -0.2) is 0 Å². The van der Waals surface area contributed by atoms with E-state index in [2.05, 4.69) is 298 Å². The third-order valence-electron chi connectivity index (χ3n) is 16.7. The number of aromatic nitrogens is 2. The van der Waals surface area contributed by atoms with Crippen molar-refractivity contribution in [1.82, 2.24) is 9.13 Å². The highest BCUT2D eigenvalue weighted by Crippen LogP contribution is 2.46. The third kappa shape index (κ3) is 7.15. The van der Waals surface area contributed by atoms with E-state index in [1.165, 1.54) is 21.5 Å². The lowest BCUT2D eigenvalue weighted by Crippen LogP contribution is -2.57. The normalized spacial score (nSPS) is 12.4. The summed E-state index contributed by atoms with van der Waals surface area (Å²) < 4.78 is 19.0. The molecule has 0 saturated heterocycles. The molecule has 0 spiro atoms. The van der Waals surface area contributed by atoms with Gasteiger partial charge in [0.05, 0.1) is 22.1 Å². The zero-order valence-electron chi connectivity index (χ0n) is 43.8. The van der Waals surface area contributed by atoms with Crippen LogP contribution in [-0.2, 0) is 0 Å². The fraction of sp³-hybridized carbons (Fsp3) is 0. The van der Waals surface area contributed by atoms with Crippen molar-refractivity contribution in [3.8, 4) is 34.4 Å². The molecule has 0 fully saturated rings. The standard InChI is InChI=1S/C74H47BN4O2/c1-5-22-52(23-6-1)76(56-34-32-48-18-13-15-20-50(48)40-56)58-36-38-60-62-44-72-64(46-68(62)78(66(60)42-58)54-26-9-3-10-27-54)75-65-47-69-63(45-73(65)81-71-31-17-30-70(80-72)74(71)75)61-39-37-59(43-67(61)79(69)55-28-11-4-12-29-55)77(53-24-7-2-8-25-53)57-35-33-49-19-14-16-21-51(49)41-57/h1-47H. The van der Waals surface area contributed by atoms with Gasteiger partial charge in [-0.2, -0.15) is 0 Å². The summed E-state index contributed by atoms with van der Waals surface area (Å²) in [7, 11) is 0. The quantitative estimate of drug-likeness (QED) is 0.142. The molecule has 7 heteroatoms. The maximum atomic E-state index is 7.08. The highest BCUT2D eigenvalue weighted by molar-refractivity contribution is 6.98. The maximum Gasteiger partial charge on any atom is 0.260 e. The van der Waals surface area contributed by atoms with Crippen molar-refractivity contribution in [2.24, 2.45) is 0 Å². The monoisotopic (exact) mass is 1030 g/mol. The van der Waals surface area contributed by atoms with Crippen LogP contribution in [0.5, 0.6) is 23.0 Å². The Hall–Kier alpha value is -10.8. The molecule has 378 valence electrons. The molecule has 4 heterocycles. The predicted molar refractivity (Wildman–Crippen MR) is 337 cm³/mol. The van der Waals surface area contributed by atoms with Gasteiger partial charge in [-0.15, -0.1) is 0 Å². The van der Waals surface area contributed by atoms with Crippen molar-refractivity contribution in [1.29, 1.82) is 0 Å². The Balaban J connectivity index is 0.876. The number of fused-ring (bicyclic) bond motifs is 12. The summed E-state index contributed by atoms with van der Waals surface area (Å²) in [6.07, 6.45) is 0. The number of nitrogens with zero attached hydrogens (tertiary/aromatic N) is 4. The average molecular weight is 1040 g/mol. The topological polar surface area (TPSA) is 34.8 Å². The first-order valence-corrected chi connectivity index (χ1v) is 27.7. The highest BCUT2D eigenvalue weighted by atomic mass is 16.5. The van der Waals surface area contributed by atoms with Gasteiger partial charge in [0.2, 0.25) is 0 Å². The molecule has 0 atom stereocenters. The van der Waals surface area contributed by atoms with Crippen LogP contribution in [0.4, 0.5) is 34.1 Å². The van der Waals surface area contributed by atoms with Crippen LogP contribution in [0.2, 0.25) is 0 Å². The van der Waals surface area contributed by atoms with E-state index in [1.54, 1.807) is 0 Å². The van der Waals surface area contributed by atoms with Crippen LogP contribution in [0.25, 0.3) is 76.5 Å². The van der Waals surface area contributed by atoms with Crippen LogP contribution in [0.1, 0.15) is 0 Å². The Morgan fingerprint density at radius 2 is 0.630 bits per heavy atom. The lowest BCUT2D eigenvalue weighted by molar-refractivity contribution is 0.465. The van der Waals surface area contributed by atoms with E-state index < -0.39 is 0 Å². The molecule has 0 N–H and O–H groups in total. The van der Waals surface area contributed by atoms with Crippen LogP contribution in [0, 0.1) is 0 Å². The summed E-state index contributed by atoms with van der Waals surface area (Å²) in [6.45, 7) is -0.198. The summed E-state index contributed by atoms with van der Waals surface area (Å²) >= 11 is 0. The molecular formula is C74H47BN4O2. The first-order valence-electron chi connectivity index (χ1n) is 27.7. The molecule has 0 amide bonds. The molecule has 13 aromatic carbocycles. The summed E-state index contributed by atoms with van der Waals surface area (Å²) in [5.74, 6) is 3.29. The molecular weight excluding hydrogens is 988 g/mol. The van der Waals surface area contributed by atoms with Crippen LogP contribution in [0.3, 0.4) is 0 Å². The van der Waals surface area contributed by atoms with Crippen molar-refractivity contribution in [2.45, 2.75) is 0 Å². The Labute approximate surface area is 467 Å². The van der Waals surface area contributed by atoms with Gasteiger partial charge in [0.1, 0.15) is 23.0 Å². The van der Waals surface area contributed by atoms with E-state index in [4.69, 9.17) is 9.47 Å². The zero-order valence-corrected chi connectivity index (χ0v) is 43.8. The van der Waals surface area contributed by atoms with Crippen LogP contribution in [0.15, 0.2) is 285 Å². The molecule has 0 bridgehead atoms. The lowest BCUT2D eigenvalue weighted by Gasteiger charge is -2.33. The number of para-hydroxylation sites is 4. The largest absolute Gasteiger partial charge is 0.458 e. The maximum absolute atomic E-state index is 7.08. The second-order valence-electron chi connectivity index (χ2n) is 21.3. The zero-order chi connectivity index (χ0) is 53.1. The molecule has 2 aliphatic rings. The number of ether oxygens (including phenoxy) is 2. The number of benzene rings is 13. The van der Waals surface area contributed by atoms with Crippen molar-refractivity contribution < 1.29 is 9.47 Å². The second kappa shape index (κ2) is 17.9. The minimum absolute atomic E-state index is 0.198. The molecule has 0 saturated carbocycles. The van der Waals surface area contributed by atoms with Gasteiger partial charge in [0.25, 0.3) is 6.71 Å². The molecule has 81 heavy (non-hydrogen) atoms. The molecule has 0 unspecified atom stereocenters. The number of hydrogen-bond donors (Lipinski definition) is 0. The van der Waals surface area contributed by atoms with Crippen molar-refractivity contribution in [3.63, 3.8) is 0 Å². The Bertz CT molecular complexity index is 4710. The summed E-state index contributed by atoms with van der Waals surface area (Å²) in [6, 6.07) is 103. The molecule has 0 radical (unpaired) electrons. The van der Waals surface area contributed by atoms with Crippen molar-refractivity contribution in [3.05, 3.63) is 285 Å². The van der Waals surface area contributed by atoms with E-state index in [1.807, 2.05) is 6.07 Å². The minimum Gasteiger partial charge on any atom is -0.458 e. The van der Waals surface area contributed by atoms with Crippen molar-refractivity contribution >= 4 is 122 Å². The van der Waals surface area contributed by atoms with Crippen molar-refractivity contribution in [2.75, 3.05) is 9.80 Å². The molecule has 6 nitrogen and oxygen atoms in total. The van der Waals surface area contributed by atoms with Gasteiger partial charge in [0, 0.05) is 72.5 Å². The predicted octanol–water partition coefficient (Wildman–Crippen LogP) is 17.9. The van der Waals surface area contributed by atoms with Crippen LogP contribution in [-0.4, -0.2) is 15.8 Å². The van der Waals surface area contributed by atoms with E-state index >= 15 is 0 Å². The fourth-order valence-electron chi connectivity index (χ4n) is 13.1. The molecule has 2 aliphatic heterocycles.